The molecule has 0 unspecified atom stereocenters. The summed E-state index contributed by atoms with van der Waals surface area (Å²) >= 11 is 0. The lowest BCUT2D eigenvalue weighted by Gasteiger charge is -2.35. The molecule has 0 spiro atoms. The maximum absolute atomic E-state index is 13.4. The number of carbonyl (C=O) groups is 4. The number of hydrogen-bond donors (Lipinski definition) is 4. The van der Waals surface area contributed by atoms with E-state index in [0.717, 1.165) is 13.8 Å². The Morgan fingerprint density at radius 1 is 0.733 bits per heavy atom. The van der Waals surface area contributed by atoms with Gasteiger partial charge < -0.3 is 39.0 Å². The standard InChI is InChI=1S/C26H30F3N5O5.C23H26F3N5O5/c1-15(26(27,28)29)10-21(35)19-5-6-20-23(31-19)34(16-8-9-33(20)12-16)24(36)32-22-7-4-17(11-30-22)37-13-18-14-38-25(2,3)39-18;1-13(23(24,25)26)8-19(34)17-3-4-18-21(28-17)31(14-6-7-30(18)10-14)22(35)29-20-5-2-16(9-27-20)36-12-15(33)11-32/h4-7,11,15-16,18H,8-10,12-14H2,1-3H3,(H,30,32,36);2-5,9,13-15,32-33H,6-8,10-12H2,1H3,(H,27,29,35)/t15-,16-,18-;13-,14-,15+/m00/s1. The molecule has 404 valence electrons. The summed E-state index contributed by atoms with van der Waals surface area (Å²) in [5.74, 6) is -3.97. The van der Waals surface area contributed by atoms with Gasteiger partial charge in [-0.1, -0.05) is 13.8 Å². The highest BCUT2D eigenvalue weighted by Crippen LogP contribution is 2.42. The topological polar surface area (TPSA) is 234 Å². The molecular formula is C49H56F6N10O10. The van der Waals surface area contributed by atoms with Gasteiger partial charge >= 0.3 is 24.4 Å². The molecule has 0 aromatic carbocycles. The van der Waals surface area contributed by atoms with Crippen LogP contribution < -0.4 is 39.7 Å². The maximum atomic E-state index is 13.4. The number of aliphatic hydroxyl groups is 2. The number of hydrogen-bond acceptors (Lipinski definition) is 16. The molecule has 3 saturated heterocycles. The number of aromatic nitrogens is 4. The molecule has 9 heterocycles. The fraction of sp³-hybridized carbons (Fsp3) is 0.510. The number of urea groups is 2. The number of aliphatic hydroxyl groups excluding tert-OH is 2. The molecule has 0 saturated carbocycles. The van der Waals surface area contributed by atoms with Crippen LogP contribution in [0.4, 0.5) is 70.6 Å². The van der Waals surface area contributed by atoms with E-state index in [2.05, 4.69) is 30.6 Å². The van der Waals surface area contributed by atoms with Gasteiger partial charge in [0.1, 0.15) is 59.9 Å². The normalized spacial score (nSPS) is 20.5. The Hall–Kier alpha value is -6.90. The number of ether oxygens (including phenoxy) is 4. The highest BCUT2D eigenvalue weighted by molar-refractivity contribution is 6.06. The highest BCUT2D eigenvalue weighted by Gasteiger charge is 2.44. The molecule has 4 aromatic heterocycles. The summed E-state index contributed by atoms with van der Waals surface area (Å²) in [5, 5.41) is 23.6. The monoisotopic (exact) mass is 1060 g/mol. The van der Waals surface area contributed by atoms with E-state index in [1.54, 1.807) is 24.3 Å². The van der Waals surface area contributed by atoms with Crippen LogP contribution in [-0.2, 0) is 9.47 Å². The molecule has 26 heteroatoms. The molecule has 75 heavy (non-hydrogen) atoms. The number of nitrogens with zero attached hydrogens (tertiary/aromatic N) is 8. The van der Waals surface area contributed by atoms with Crippen LogP contribution in [0, 0.1) is 11.8 Å². The van der Waals surface area contributed by atoms with Crippen LogP contribution >= 0.6 is 0 Å². The molecule has 0 aliphatic carbocycles. The van der Waals surface area contributed by atoms with Crippen molar-refractivity contribution in [3.05, 3.63) is 72.3 Å². The smallest absolute Gasteiger partial charge is 0.391 e. The Morgan fingerprint density at radius 2 is 1.20 bits per heavy atom. The average Bonchev–Trinajstić information content (AvgIpc) is 4.10. The molecule has 6 atom stereocenters. The summed E-state index contributed by atoms with van der Waals surface area (Å²) < 4.78 is 100.0. The fourth-order valence-electron chi connectivity index (χ4n) is 8.95. The third kappa shape index (κ3) is 13.0. The summed E-state index contributed by atoms with van der Waals surface area (Å²) in [6.07, 6.45) is -7.50. The first kappa shape index (κ1) is 54.4. The Labute approximate surface area is 426 Å². The van der Waals surface area contributed by atoms with Gasteiger partial charge in [-0.05, 0) is 75.2 Å². The number of Topliss-reactive ketones (excluding diaryl/α,β-unsaturated/α-hetero) is 2. The predicted molar refractivity (Wildman–Crippen MR) is 258 cm³/mol. The van der Waals surface area contributed by atoms with Crippen molar-refractivity contribution in [3.8, 4) is 11.5 Å². The van der Waals surface area contributed by atoms with Crippen LogP contribution in [0.1, 0.15) is 74.4 Å². The second kappa shape index (κ2) is 22.1. The van der Waals surface area contributed by atoms with Gasteiger partial charge in [0.05, 0.1) is 60.9 Å². The van der Waals surface area contributed by atoms with Crippen molar-refractivity contribution in [1.29, 1.82) is 0 Å². The summed E-state index contributed by atoms with van der Waals surface area (Å²) in [4.78, 5) is 75.8. The largest absolute Gasteiger partial charge is 0.489 e. The van der Waals surface area contributed by atoms with E-state index >= 15 is 0 Å². The van der Waals surface area contributed by atoms with Gasteiger partial charge in [0.25, 0.3) is 0 Å². The van der Waals surface area contributed by atoms with E-state index in [1.807, 2.05) is 23.6 Å². The Kier molecular flexibility index (Phi) is 16.0. The van der Waals surface area contributed by atoms with Crippen LogP contribution in [0.5, 0.6) is 11.5 Å². The first-order chi connectivity index (χ1) is 35.5. The number of fused-ring (bicyclic) bond motifs is 8. The Morgan fingerprint density at radius 3 is 1.60 bits per heavy atom. The van der Waals surface area contributed by atoms with Crippen molar-refractivity contribution in [2.45, 2.75) is 95.8 Å². The van der Waals surface area contributed by atoms with E-state index in [-0.39, 0.29) is 66.1 Å². The van der Waals surface area contributed by atoms with E-state index in [4.69, 9.17) is 24.1 Å². The summed E-state index contributed by atoms with van der Waals surface area (Å²) in [7, 11) is 0. The van der Waals surface area contributed by atoms with Gasteiger partial charge in [0.2, 0.25) is 0 Å². The molecule has 4 N–H and O–H groups in total. The zero-order valence-electron chi connectivity index (χ0n) is 41.2. The van der Waals surface area contributed by atoms with Crippen molar-refractivity contribution < 1.29 is 74.7 Å². The third-order valence-corrected chi connectivity index (χ3v) is 13.1. The first-order valence-corrected chi connectivity index (χ1v) is 24.2. The molecule has 4 amide bonds. The quantitative estimate of drug-likeness (QED) is 0.0692. The molecule has 5 aliphatic heterocycles. The number of alkyl halides is 6. The molecule has 20 nitrogen and oxygen atoms in total. The number of amides is 4. The minimum atomic E-state index is -4.49. The summed E-state index contributed by atoms with van der Waals surface area (Å²) in [6, 6.07) is 10.9. The number of nitrogens with one attached hydrogen (secondary N) is 2. The zero-order valence-corrected chi connectivity index (χ0v) is 41.2. The number of halogens is 6. The summed E-state index contributed by atoms with van der Waals surface area (Å²) in [5.41, 5.74) is 1.04. The number of rotatable bonds is 15. The minimum Gasteiger partial charge on any atom is -0.489 e. The zero-order chi connectivity index (χ0) is 54.0. The SMILES string of the molecule is C[C@@H](CC(=O)c1ccc2c(n1)N(C(=O)Nc1ccc(OC[C@H](O)CO)cn1)[C@H]1CCN2C1)C(F)(F)F.C[C@@H](CC(=O)c1ccc2c(n1)N(C(=O)Nc1ccc(OC[C@H]3COC(C)(C)O3)cn1)[C@H]1CCN2C1)C(F)(F)F. The lowest BCUT2D eigenvalue weighted by molar-refractivity contribution is -0.169. The predicted octanol–water partition coefficient (Wildman–Crippen LogP) is 7.02. The van der Waals surface area contributed by atoms with Crippen LogP contribution in [0.3, 0.4) is 0 Å². The van der Waals surface area contributed by atoms with Crippen LogP contribution in [0.15, 0.2) is 60.9 Å². The van der Waals surface area contributed by atoms with E-state index < -0.39 is 79.2 Å². The second-order valence-electron chi connectivity index (χ2n) is 19.3. The first-order valence-electron chi connectivity index (χ1n) is 24.2. The molecule has 5 aliphatic rings. The molecule has 0 radical (unpaired) electrons. The number of ketones is 2. The Balaban J connectivity index is 0.000000200. The van der Waals surface area contributed by atoms with Crippen LogP contribution in [-0.4, -0.2) is 149 Å². The van der Waals surface area contributed by atoms with Crippen molar-refractivity contribution in [1.82, 2.24) is 19.9 Å². The van der Waals surface area contributed by atoms with E-state index in [0.29, 0.717) is 68.5 Å². The van der Waals surface area contributed by atoms with Gasteiger partial charge in [-0.15, -0.1) is 0 Å². The van der Waals surface area contributed by atoms with E-state index in [1.165, 1.54) is 46.5 Å². The van der Waals surface area contributed by atoms with Gasteiger partial charge in [0.15, 0.2) is 29.0 Å². The van der Waals surface area contributed by atoms with Crippen LogP contribution in [0.25, 0.3) is 0 Å². The molecule has 3 fully saturated rings. The van der Waals surface area contributed by atoms with Gasteiger partial charge in [-0.2, -0.15) is 26.3 Å². The van der Waals surface area contributed by atoms with Crippen molar-refractivity contribution in [3.63, 3.8) is 0 Å². The lowest BCUT2D eigenvalue weighted by atomic mass is 10.0. The molecule has 9 rings (SSSR count). The van der Waals surface area contributed by atoms with Gasteiger partial charge in [-0.25, -0.2) is 29.5 Å². The van der Waals surface area contributed by atoms with Gasteiger partial charge in [0, 0.05) is 39.0 Å². The second-order valence-corrected chi connectivity index (χ2v) is 19.3. The van der Waals surface area contributed by atoms with Gasteiger partial charge in [-0.3, -0.25) is 30.0 Å². The van der Waals surface area contributed by atoms with Crippen molar-refractivity contribution in [2.24, 2.45) is 11.8 Å². The fourth-order valence-corrected chi connectivity index (χ4v) is 8.95. The van der Waals surface area contributed by atoms with Crippen molar-refractivity contribution in [2.75, 3.05) is 82.8 Å². The van der Waals surface area contributed by atoms with Crippen molar-refractivity contribution >= 4 is 58.3 Å². The molecular weight excluding hydrogens is 1000 g/mol. The minimum absolute atomic E-state index is 0.107. The Bertz CT molecular complexity index is 2720. The molecule has 4 aromatic rings. The lowest BCUT2D eigenvalue weighted by Crippen LogP contribution is -2.48. The number of carbonyl (C=O) groups excluding carboxylic acids is 4. The van der Waals surface area contributed by atoms with Crippen LogP contribution in [0.2, 0.25) is 0 Å². The third-order valence-electron chi connectivity index (χ3n) is 13.1. The average molecular weight is 1060 g/mol. The summed E-state index contributed by atoms with van der Waals surface area (Å²) in [6.45, 7) is 8.23. The maximum Gasteiger partial charge on any atom is 0.391 e. The van der Waals surface area contributed by atoms with E-state index in [9.17, 15) is 50.6 Å². The highest BCUT2D eigenvalue weighted by atomic mass is 19.4. The number of anilines is 6. The molecule has 4 bridgehead atoms. The number of pyridine rings is 4.